The van der Waals surface area contributed by atoms with Crippen molar-refractivity contribution in [2.45, 2.75) is 57.6 Å². The Kier molecular flexibility index (Phi) is 5.48. The summed E-state index contributed by atoms with van der Waals surface area (Å²) in [6.45, 7) is 2.49. The summed E-state index contributed by atoms with van der Waals surface area (Å²) in [4.78, 5) is 17.5. The van der Waals surface area contributed by atoms with Gasteiger partial charge in [-0.25, -0.2) is 4.68 Å². The fraction of sp³-hybridized carbons (Fsp3) is 0.500. The molecule has 16 heteroatoms. The van der Waals surface area contributed by atoms with Crippen LogP contribution in [-0.2, 0) is 17.4 Å². The number of rotatable bonds is 7. The van der Waals surface area contributed by atoms with E-state index < -0.39 is 35.7 Å². The molecule has 0 saturated heterocycles. The maximum absolute atomic E-state index is 14.1. The first-order valence-electron chi connectivity index (χ1n) is 13.2. The number of carbonyl (C=O) groups is 1. The van der Waals surface area contributed by atoms with Crippen LogP contribution >= 0.6 is 0 Å². The van der Waals surface area contributed by atoms with Gasteiger partial charge >= 0.3 is 18.4 Å². The van der Waals surface area contributed by atoms with E-state index in [-0.39, 0.29) is 52.0 Å². The van der Waals surface area contributed by atoms with Crippen molar-refractivity contribution in [3.8, 4) is 23.1 Å². The molecule has 0 unspecified atom stereocenters. The van der Waals surface area contributed by atoms with Gasteiger partial charge in [0.1, 0.15) is 11.9 Å². The van der Waals surface area contributed by atoms with Crippen molar-refractivity contribution in [2.24, 2.45) is 10.8 Å². The fourth-order valence-electron chi connectivity index (χ4n) is 6.76. The Bertz CT molecular complexity index is 1590. The van der Waals surface area contributed by atoms with Gasteiger partial charge in [-0.2, -0.15) is 23.4 Å². The van der Waals surface area contributed by atoms with E-state index >= 15 is 0 Å². The van der Waals surface area contributed by atoms with Crippen molar-refractivity contribution < 1.29 is 46.1 Å². The number of nitrogens with zero attached hydrogens (tertiary/aromatic N) is 6. The second kappa shape index (κ2) is 8.64. The predicted molar refractivity (Wildman–Crippen MR) is 131 cm³/mol. The molecule has 222 valence electrons. The summed E-state index contributed by atoms with van der Waals surface area (Å²) in [5, 5.41) is 21.3. The van der Waals surface area contributed by atoms with Crippen molar-refractivity contribution in [3.05, 3.63) is 41.5 Å². The molecule has 5 heterocycles. The summed E-state index contributed by atoms with van der Waals surface area (Å²) in [6, 6.07) is 2.61. The van der Waals surface area contributed by atoms with Crippen LogP contribution in [0.2, 0.25) is 0 Å². The van der Waals surface area contributed by atoms with Crippen LogP contribution in [0.25, 0.3) is 5.69 Å². The molecular weight excluding hydrogens is 571 g/mol. The van der Waals surface area contributed by atoms with Crippen LogP contribution in [0.5, 0.6) is 17.4 Å². The Labute approximate surface area is 234 Å². The highest BCUT2D eigenvalue weighted by Crippen LogP contribution is 2.73. The number of carboxylic acid groups (broad SMARTS) is 1. The summed E-state index contributed by atoms with van der Waals surface area (Å²) < 4.78 is 84.8. The average molecular weight is 594 g/mol. The number of halogens is 5. The largest absolute Gasteiger partial charge is 0.586 e. The van der Waals surface area contributed by atoms with Gasteiger partial charge in [-0.05, 0) is 44.4 Å². The van der Waals surface area contributed by atoms with E-state index in [0.29, 0.717) is 38.8 Å². The highest BCUT2D eigenvalue weighted by Gasteiger charge is 2.72. The van der Waals surface area contributed by atoms with Gasteiger partial charge in [-0.1, -0.05) is 0 Å². The number of anilines is 1. The van der Waals surface area contributed by atoms with Crippen LogP contribution in [-0.4, -0.2) is 55.4 Å². The zero-order chi connectivity index (χ0) is 29.7. The normalized spacial score (nSPS) is 25.7. The molecule has 11 nitrogen and oxygen atoms in total. The van der Waals surface area contributed by atoms with Gasteiger partial charge in [0.2, 0.25) is 5.88 Å². The zero-order valence-corrected chi connectivity index (χ0v) is 22.0. The molecule has 3 saturated carbocycles. The quantitative estimate of drug-likeness (QED) is 0.390. The molecule has 8 rings (SSSR count). The van der Waals surface area contributed by atoms with Crippen LogP contribution in [0.3, 0.4) is 0 Å². The Balaban J connectivity index is 1.18. The monoisotopic (exact) mass is 594 g/mol. The molecule has 3 aromatic heterocycles. The molecule has 3 aromatic rings. The number of hydrogen-bond donors (Lipinski definition) is 1. The average Bonchev–Trinajstić information content (AvgIpc) is 3.41. The van der Waals surface area contributed by atoms with E-state index in [1.54, 1.807) is 6.92 Å². The Morgan fingerprint density at radius 3 is 2.62 bits per heavy atom. The number of pyridine rings is 1. The van der Waals surface area contributed by atoms with E-state index in [1.165, 1.54) is 23.0 Å². The van der Waals surface area contributed by atoms with Gasteiger partial charge in [0.25, 0.3) is 0 Å². The number of fused-ring (bicyclic) bond motifs is 2. The zero-order valence-electron chi connectivity index (χ0n) is 22.0. The number of carboxylic acids is 1. The topological polar surface area (TPSA) is 125 Å². The molecule has 0 amide bonds. The number of aromatic nitrogens is 5. The minimum absolute atomic E-state index is 0.0622. The standard InChI is InChI=1S/C26H23F5N6O5/c1-13(16-6-17-18(8-32-16)42-26(30,31)41-17)40-19-5-14(7-33-34-19)37-21-15(20(35-37)25(27,28)29)3-2-4-36(21)12-23-9-24(10-23,11-23)22(38)39/h5-8,13H,2-4,9-12H2,1H3,(H,38,39)/t13-,23?,24?/m1/s1. The van der Waals surface area contributed by atoms with Crippen LogP contribution in [0.4, 0.5) is 27.8 Å². The molecule has 0 spiro atoms. The first kappa shape index (κ1) is 26.6. The minimum atomic E-state index is -4.70. The van der Waals surface area contributed by atoms with Crippen LogP contribution in [0.1, 0.15) is 55.7 Å². The maximum Gasteiger partial charge on any atom is 0.586 e. The number of aliphatic carboxylic acids is 1. The number of alkyl halides is 5. The van der Waals surface area contributed by atoms with Crippen LogP contribution in [0.15, 0.2) is 24.5 Å². The van der Waals surface area contributed by atoms with Gasteiger partial charge < -0.3 is 24.2 Å². The van der Waals surface area contributed by atoms with E-state index in [0.717, 1.165) is 6.20 Å². The van der Waals surface area contributed by atoms with Crippen LogP contribution < -0.4 is 19.1 Å². The highest BCUT2D eigenvalue weighted by molar-refractivity contribution is 5.79. The fourth-order valence-corrected chi connectivity index (χ4v) is 6.76. The van der Waals surface area contributed by atoms with Crippen molar-refractivity contribution in [1.29, 1.82) is 0 Å². The first-order valence-corrected chi connectivity index (χ1v) is 13.2. The molecule has 2 bridgehead atoms. The summed E-state index contributed by atoms with van der Waals surface area (Å²) in [5.74, 6) is -1.06. The van der Waals surface area contributed by atoms with E-state index in [2.05, 4.69) is 29.8 Å². The Hall–Kier alpha value is -4.24. The predicted octanol–water partition coefficient (Wildman–Crippen LogP) is 4.55. The lowest BCUT2D eigenvalue weighted by Crippen LogP contribution is -2.69. The van der Waals surface area contributed by atoms with Gasteiger partial charge in [0, 0.05) is 30.8 Å². The van der Waals surface area contributed by atoms with Gasteiger partial charge in [0.15, 0.2) is 17.2 Å². The maximum atomic E-state index is 14.1. The summed E-state index contributed by atoms with van der Waals surface area (Å²) in [5.41, 5.74) is -1.49. The van der Waals surface area contributed by atoms with Crippen molar-refractivity contribution >= 4 is 11.8 Å². The second-order valence-corrected chi connectivity index (χ2v) is 11.4. The molecule has 0 radical (unpaired) electrons. The highest BCUT2D eigenvalue weighted by atomic mass is 19.4. The number of hydrogen-bond acceptors (Lipinski definition) is 9. The Morgan fingerprint density at radius 1 is 1.17 bits per heavy atom. The molecule has 2 aliphatic heterocycles. The lowest BCUT2D eigenvalue weighted by Gasteiger charge is -2.69. The van der Waals surface area contributed by atoms with Gasteiger partial charge in [-0.15, -0.1) is 13.9 Å². The lowest BCUT2D eigenvalue weighted by molar-refractivity contribution is -0.286. The minimum Gasteiger partial charge on any atom is -0.481 e. The third-order valence-corrected chi connectivity index (χ3v) is 8.39. The summed E-state index contributed by atoms with van der Waals surface area (Å²) >= 11 is 0. The summed E-state index contributed by atoms with van der Waals surface area (Å²) in [6.07, 6.45) is -4.83. The van der Waals surface area contributed by atoms with Crippen molar-refractivity contribution in [2.75, 3.05) is 18.0 Å². The van der Waals surface area contributed by atoms with Crippen LogP contribution in [0, 0.1) is 10.8 Å². The molecule has 5 aliphatic rings. The molecule has 1 N–H and O–H groups in total. The molecular formula is C26H23F5N6O5. The molecule has 3 fully saturated rings. The van der Waals surface area contributed by atoms with Gasteiger partial charge in [-0.3, -0.25) is 9.78 Å². The van der Waals surface area contributed by atoms with Crippen molar-refractivity contribution in [3.63, 3.8) is 0 Å². The third kappa shape index (κ3) is 4.17. The van der Waals surface area contributed by atoms with Crippen molar-refractivity contribution in [1.82, 2.24) is 25.0 Å². The second-order valence-electron chi connectivity index (χ2n) is 11.4. The SMILES string of the molecule is C[C@@H](Oc1cc(-n2nc(C(F)(F)F)c3c2N(CC24CC(C(=O)O)(C2)C4)CCC3)cnn1)c1cc2c(cn1)OC(F)(F)O2. The first-order chi connectivity index (χ1) is 19.8. The molecule has 3 aliphatic carbocycles. The molecule has 0 aromatic carbocycles. The third-order valence-electron chi connectivity index (χ3n) is 8.39. The smallest absolute Gasteiger partial charge is 0.481 e. The molecule has 1 atom stereocenters. The van der Waals surface area contributed by atoms with E-state index in [9.17, 15) is 31.9 Å². The summed E-state index contributed by atoms with van der Waals surface area (Å²) in [7, 11) is 0. The van der Waals surface area contributed by atoms with E-state index in [4.69, 9.17) is 4.74 Å². The Morgan fingerprint density at radius 2 is 1.90 bits per heavy atom. The number of ether oxygens (including phenoxy) is 3. The molecule has 42 heavy (non-hydrogen) atoms. The van der Waals surface area contributed by atoms with Gasteiger partial charge in [0.05, 0.1) is 29.2 Å². The van der Waals surface area contributed by atoms with E-state index in [1.807, 2.05) is 4.90 Å². The lowest BCUT2D eigenvalue weighted by atomic mass is 9.35.